The lowest BCUT2D eigenvalue weighted by Gasteiger charge is -1.44. The van der Waals surface area contributed by atoms with E-state index < -0.39 is 10.3 Å². The fourth-order valence-corrected chi connectivity index (χ4v) is 0.167. The van der Waals surface area contributed by atoms with Gasteiger partial charge in [0.2, 0.25) is 0 Å². The molecule has 0 aromatic rings. The molecule has 0 bridgehead atoms. The maximum Gasteiger partial charge on any atom is 0.261 e. The summed E-state index contributed by atoms with van der Waals surface area (Å²) in [6, 6.07) is 0. The van der Waals surface area contributed by atoms with Crippen LogP contribution in [0.15, 0.2) is 6.20 Å². The van der Waals surface area contributed by atoms with E-state index in [9.17, 15) is 8.42 Å². The summed E-state index contributed by atoms with van der Waals surface area (Å²) < 4.78 is 18.8. The Morgan fingerprint density at radius 2 is 2.17 bits per heavy atom. The van der Waals surface area contributed by atoms with Crippen LogP contribution in [0.3, 0.4) is 0 Å². The summed E-state index contributed by atoms with van der Waals surface area (Å²) in [5, 5.41) is 1.78. The van der Waals surface area contributed by atoms with Crippen molar-refractivity contribution in [3.05, 3.63) is 6.20 Å². The van der Waals surface area contributed by atoms with E-state index >= 15 is 0 Å². The Bertz CT molecular complexity index is 164. The summed E-state index contributed by atoms with van der Waals surface area (Å²) in [4.78, 5) is 0. The van der Waals surface area contributed by atoms with Crippen molar-refractivity contribution in [2.45, 2.75) is 0 Å². The zero-order chi connectivity index (χ0) is 4.99. The van der Waals surface area contributed by atoms with Crippen molar-refractivity contribution >= 4 is 15.3 Å². The van der Waals surface area contributed by atoms with Gasteiger partial charge in [-0.3, -0.25) is 0 Å². The Morgan fingerprint density at radius 1 is 1.67 bits per heavy atom. The summed E-state index contributed by atoms with van der Waals surface area (Å²) in [5.74, 6) is 0. The van der Waals surface area contributed by atoms with Gasteiger partial charge in [-0.25, -0.2) is 0 Å². The summed E-state index contributed by atoms with van der Waals surface area (Å²) >= 11 is 0. The minimum atomic E-state index is -2.25. The van der Waals surface area contributed by atoms with Crippen molar-refractivity contribution < 1.29 is 8.42 Å². The third kappa shape index (κ3) is 3.27. The predicted octanol–water partition coefficient (Wildman–Crippen LogP) is -1.26. The van der Waals surface area contributed by atoms with Crippen LogP contribution in [0.5, 0.6) is 0 Å². The number of hydrogen-bond donors (Lipinski definition) is 1. The fourth-order valence-electron chi connectivity index (χ4n) is 0.0556. The van der Waals surface area contributed by atoms with E-state index in [-0.39, 0.29) is 0 Å². The van der Waals surface area contributed by atoms with Gasteiger partial charge in [0, 0.05) is 5.02 Å². The van der Waals surface area contributed by atoms with Crippen LogP contribution >= 0.6 is 0 Å². The first-order valence-electron chi connectivity index (χ1n) is 1.16. The molecule has 0 radical (unpaired) electrons. The first kappa shape index (κ1) is 5.27. The average Bonchev–Trinajstić information content (AvgIpc) is 1.35. The lowest BCUT2D eigenvalue weighted by molar-refractivity contribution is 0.627. The van der Waals surface area contributed by atoms with Crippen molar-refractivity contribution in [1.82, 2.24) is 0 Å². The molecule has 0 aromatic carbocycles. The Balaban J connectivity index is 4.66. The molecule has 0 unspecified atom stereocenters. The minimum Gasteiger partial charge on any atom is -0.398 e. The average molecular weight is 105 g/mol. The molecule has 6 heavy (non-hydrogen) atoms. The zero-order valence-corrected chi connectivity index (χ0v) is 3.70. The van der Waals surface area contributed by atoms with E-state index in [1.807, 2.05) is 0 Å². The van der Waals surface area contributed by atoms with Crippen LogP contribution in [-0.2, 0) is 10.3 Å². The number of rotatable bonds is 0. The summed E-state index contributed by atoms with van der Waals surface area (Å²) in [6.07, 6.45) is 0.836. The van der Waals surface area contributed by atoms with Crippen molar-refractivity contribution in [1.29, 1.82) is 0 Å². The Morgan fingerprint density at radius 3 is 2.17 bits per heavy atom. The number of hydrogen-bond acceptors (Lipinski definition) is 3. The molecule has 3 nitrogen and oxygen atoms in total. The highest BCUT2D eigenvalue weighted by molar-refractivity contribution is 7.70. The molecule has 0 heterocycles. The number of nitrogens with two attached hydrogens (primary N) is 1. The molecule has 0 amide bonds. The van der Waals surface area contributed by atoms with E-state index in [1.165, 1.54) is 0 Å². The van der Waals surface area contributed by atoms with Gasteiger partial charge in [-0.2, -0.15) is 8.42 Å². The molecule has 0 atom stereocenters. The second-order valence-electron chi connectivity index (χ2n) is 0.519. The van der Waals surface area contributed by atoms with Gasteiger partial charge in [-0.05, 0) is 0 Å². The van der Waals surface area contributed by atoms with Gasteiger partial charge in [0.1, 0.15) is 0 Å². The molecule has 0 aliphatic heterocycles. The molecule has 2 N–H and O–H groups in total. The van der Waals surface area contributed by atoms with Crippen molar-refractivity contribution in [3.63, 3.8) is 0 Å². The highest BCUT2D eigenvalue weighted by Crippen LogP contribution is 1.26. The Hall–Kier alpha value is -0.730. The monoisotopic (exact) mass is 105 g/mol. The lowest BCUT2D eigenvalue weighted by Crippen LogP contribution is -1.74. The normalized spacial score (nSPS) is 6.00. The van der Waals surface area contributed by atoms with Crippen molar-refractivity contribution in [2.75, 3.05) is 0 Å². The van der Waals surface area contributed by atoms with Gasteiger partial charge in [0.15, 0.2) is 0 Å². The summed E-state index contributed by atoms with van der Waals surface area (Å²) in [5.41, 5.74) is 4.60. The van der Waals surface area contributed by atoms with Crippen molar-refractivity contribution in [2.24, 2.45) is 5.73 Å². The van der Waals surface area contributed by atoms with Crippen LogP contribution in [0.1, 0.15) is 0 Å². The molecule has 0 spiro atoms. The molecule has 0 saturated heterocycles. The van der Waals surface area contributed by atoms with Gasteiger partial charge in [0.05, 0.1) is 6.20 Å². The second-order valence-corrected chi connectivity index (χ2v) is 1.22. The largest absolute Gasteiger partial charge is 0.398 e. The molecule has 0 fully saturated rings. The van der Waals surface area contributed by atoms with Gasteiger partial charge in [-0.15, -0.1) is 0 Å². The molecule has 34 valence electrons. The maximum absolute atomic E-state index is 9.38. The molecular weight excluding hydrogens is 102 g/mol. The quantitative estimate of drug-likeness (QED) is 0.391. The topological polar surface area (TPSA) is 60.2 Å². The standard InChI is InChI=1S/C2H3NO2S/c3-1-2-6(4)5/h1H,3H2. The minimum absolute atomic E-state index is 0.836. The fraction of sp³-hybridized carbons (Fsp3) is 0. The SMILES string of the molecule is NC=C=S(=O)=O. The van der Waals surface area contributed by atoms with E-state index in [0.717, 1.165) is 6.20 Å². The lowest BCUT2D eigenvalue weighted by atomic mass is 11.1. The highest BCUT2D eigenvalue weighted by Gasteiger charge is 1.46. The predicted molar refractivity (Wildman–Crippen MR) is 22.7 cm³/mol. The van der Waals surface area contributed by atoms with Gasteiger partial charge < -0.3 is 5.73 Å². The molecule has 0 aliphatic carbocycles. The zero-order valence-electron chi connectivity index (χ0n) is 2.88. The van der Waals surface area contributed by atoms with Crippen molar-refractivity contribution in [3.8, 4) is 0 Å². The van der Waals surface area contributed by atoms with Crippen LogP contribution in [0.25, 0.3) is 0 Å². The van der Waals surface area contributed by atoms with Crippen LogP contribution in [-0.4, -0.2) is 13.4 Å². The first-order chi connectivity index (χ1) is 2.77. The third-order valence-electron chi connectivity index (χ3n) is 0.164. The van der Waals surface area contributed by atoms with Crippen LogP contribution in [0, 0.1) is 0 Å². The van der Waals surface area contributed by atoms with E-state index in [1.54, 1.807) is 5.02 Å². The van der Waals surface area contributed by atoms with E-state index in [0.29, 0.717) is 0 Å². The van der Waals surface area contributed by atoms with Gasteiger partial charge >= 0.3 is 0 Å². The van der Waals surface area contributed by atoms with Crippen LogP contribution in [0.2, 0.25) is 0 Å². The van der Waals surface area contributed by atoms with E-state index in [4.69, 9.17) is 0 Å². The Labute approximate surface area is 36.6 Å². The molecule has 0 rings (SSSR count). The first-order valence-corrected chi connectivity index (χ1v) is 2.23. The molecule has 0 aromatic heterocycles. The molecular formula is C2H3NO2S. The molecule has 4 heteroatoms. The van der Waals surface area contributed by atoms with Gasteiger partial charge in [-0.1, -0.05) is 0 Å². The van der Waals surface area contributed by atoms with Crippen LogP contribution in [0.4, 0.5) is 0 Å². The smallest absolute Gasteiger partial charge is 0.261 e. The van der Waals surface area contributed by atoms with E-state index in [2.05, 4.69) is 5.73 Å². The second kappa shape index (κ2) is 2.50. The maximum atomic E-state index is 9.38. The molecule has 0 aliphatic rings. The Kier molecular flexibility index (Phi) is 2.20. The molecule has 0 saturated carbocycles. The summed E-state index contributed by atoms with van der Waals surface area (Å²) in [6.45, 7) is 0. The van der Waals surface area contributed by atoms with Crippen LogP contribution < -0.4 is 5.73 Å². The highest BCUT2D eigenvalue weighted by atomic mass is 32.2. The third-order valence-corrected chi connectivity index (χ3v) is 0.493. The van der Waals surface area contributed by atoms with Gasteiger partial charge in [0.25, 0.3) is 10.3 Å². The summed E-state index contributed by atoms with van der Waals surface area (Å²) in [7, 11) is -2.25.